The molecule has 0 amide bonds. The highest BCUT2D eigenvalue weighted by Gasteiger charge is 2.32. The van der Waals surface area contributed by atoms with E-state index in [0.29, 0.717) is 62.6 Å². The van der Waals surface area contributed by atoms with Crippen LogP contribution in [0.25, 0.3) is 11.4 Å². The lowest BCUT2D eigenvalue weighted by Crippen LogP contribution is -2.25. The number of nitrogens with zero attached hydrogens (tertiary/aromatic N) is 2. The van der Waals surface area contributed by atoms with Crippen LogP contribution in [0.15, 0.2) is 95.0 Å². The Bertz CT molecular complexity index is 1700. The van der Waals surface area contributed by atoms with Crippen molar-refractivity contribution in [2.75, 3.05) is 13.2 Å². The molecule has 41 heavy (non-hydrogen) atoms. The van der Waals surface area contributed by atoms with Gasteiger partial charge in [0.1, 0.15) is 6.61 Å². The maximum Gasteiger partial charge on any atom is 0.275 e. The monoisotopic (exact) mass is 570 g/mol. The molecule has 0 fully saturated rings. The third-order valence-corrected chi connectivity index (χ3v) is 7.13. The van der Waals surface area contributed by atoms with Gasteiger partial charge in [-0.2, -0.15) is 0 Å². The zero-order valence-electron chi connectivity index (χ0n) is 23.1. The van der Waals surface area contributed by atoms with Crippen molar-refractivity contribution in [1.29, 1.82) is 0 Å². The number of hydrogen-bond donors (Lipinski definition) is 2. The predicted octanol–water partition coefficient (Wildman–Crippen LogP) is 6.06. The first-order valence-corrected chi connectivity index (χ1v) is 13.7. The van der Waals surface area contributed by atoms with Gasteiger partial charge in [0.05, 0.1) is 34.1 Å². The van der Waals surface area contributed by atoms with Crippen molar-refractivity contribution in [3.05, 3.63) is 139 Å². The van der Waals surface area contributed by atoms with Gasteiger partial charge in [-0.15, -0.1) is 0 Å². The van der Waals surface area contributed by atoms with Crippen LogP contribution >= 0.6 is 11.6 Å². The SMILES string of the molecule is C=CCOc1c(Cl)cc(C(c2c(C)[nH]n(-c3ccccc3)c2=O)c2c(C)[nH]n(-c3ccccc3)c2=O)cc1OCC. The summed E-state index contributed by atoms with van der Waals surface area (Å²) >= 11 is 6.76. The van der Waals surface area contributed by atoms with E-state index in [4.69, 9.17) is 21.1 Å². The predicted molar refractivity (Wildman–Crippen MR) is 162 cm³/mol. The number of benzene rings is 3. The minimum Gasteiger partial charge on any atom is -0.490 e. The molecular weight excluding hydrogens is 540 g/mol. The molecular formula is C32H31ClN4O4. The van der Waals surface area contributed by atoms with E-state index in [2.05, 4.69) is 16.8 Å². The van der Waals surface area contributed by atoms with Crippen molar-refractivity contribution in [2.45, 2.75) is 26.7 Å². The van der Waals surface area contributed by atoms with Gasteiger partial charge in [0.15, 0.2) is 11.5 Å². The van der Waals surface area contributed by atoms with Crippen LogP contribution in [-0.2, 0) is 0 Å². The molecule has 210 valence electrons. The van der Waals surface area contributed by atoms with Gasteiger partial charge < -0.3 is 9.47 Å². The van der Waals surface area contributed by atoms with E-state index >= 15 is 0 Å². The third-order valence-electron chi connectivity index (χ3n) is 6.85. The van der Waals surface area contributed by atoms with Crippen molar-refractivity contribution in [3.63, 3.8) is 0 Å². The molecule has 0 aliphatic heterocycles. The van der Waals surface area contributed by atoms with E-state index in [9.17, 15) is 9.59 Å². The molecule has 5 aromatic rings. The lowest BCUT2D eigenvalue weighted by Gasteiger charge is -2.20. The van der Waals surface area contributed by atoms with Gasteiger partial charge in [-0.3, -0.25) is 19.8 Å². The number of rotatable bonds is 10. The molecule has 3 aromatic carbocycles. The second-order valence-corrected chi connectivity index (χ2v) is 9.96. The highest BCUT2D eigenvalue weighted by molar-refractivity contribution is 6.32. The maximum atomic E-state index is 14.1. The van der Waals surface area contributed by atoms with Crippen molar-refractivity contribution in [1.82, 2.24) is 19.6 Å². The summed E-state index contributed by atoms with van der Waals surface area (Å²) in [5, 5.41) is 6.71. The lowest BCUT2D eigenvalue weighted by atomic mass is 9.85. The Morgan fingerprint density at radius 3 is 1.83 bits per heavy atom. The van der Waals surface area contributed by atoms with E-state index in [1.54, 1.807) is 18.2 Å². The number of ether oxygens (including phenoxy) is 2. The Balaban J connectivity index is 1.80. The molecule has 0 saturated heterocycles. The van der Waals surface area contributed by atoms with Gasteiger partial charge in [-0.1, -0.05) is 60.7 Å². The Morgan fingerprint density at radius 2 is 1.37 bits per heavy atom. The largest absolute Gasteiger partial charge is 0.490 e. The fraction of sp³-hybridized carbons (Fsp3) is 0.188. The molecule has 0 aliphatic carbocycles. The Kier molecular flexibility index (Phi) is 8.03. The van der Waals surface area contributed by atoms with Crippen molar-refractivity contribution >= 4 is 11.6 Å². The highest BCUT2D eigenvalue weighted by atomic mass is 35.5. The minimum atomic E-state index is -0.775. The maximum absolute atomic E-state index is 14.1. The molecule has 2 aromatic heterocycles. The quantitative estimate of drug-likeness (QED) is 0.200. The molecule has 9 heteroatoms. The van der Waals surface area contributed by atoms with Crippen LogP contribution < -0.4 is 20.6 Å². The second-order valence-electron chi connectivity index (χ2n) is 9.55. The molecule has 0 atom stereocenters. The summed E-state index contributed by atoms with van der Waals surface area (Å²) in [6.07, 6.45) is 1.62. The highest BCUT2D eigenvalue weighted by Crippen LogP contribution is 2.42. The van der Waals surface area contributed by atoms with E-state index in [-0.39, 0.29) is 17.7 Å². The topological polar surface area (TPSA) is 94.0 Å². The van der Waals surface area contributed by atoms with Gasteiger partial charge in [-0.25, -0.2) is 9.36 Å². The summed E-state index contributed by atoms with van der Waals surface area (Å²) in [5.41, 5.74) is 3.52. The van der Waals surface area contributed by atoms with E-state index < -0.39 is 5.92 Å². The first kappa shape index (κ1) is 27.9. The zero-order chi connectivity index (χ0) is 29.1. The van der Waals surface area contributed by atoms with Crippen LogP contribution in [-0.4, -0.2) is 32.8 Å². The molecule has 0 saturated carbocycles. The van der Waals surface area contributed by atoms with Crippen LogP contribution in [0.5, 0.6) is 11.5 Å². The Hall–Kier alpha value is -4.69. The molecule has 0 unspecified atom stereocenters. The summed E-state index contributed by atoms with van der Waals surface area (Å²) in [5.74, 6) is 0.00785. The van der Waals surface area contributed by atoms with Crippen molar-refractivity contribution in [3.8, 4) is 22.9 Å². The molecule has 8 nitrogen and oxygen atoms in total. The van der Waals surface area contributed by atoms with Crippen LogP contribution in [0.2, 0.25) is 5.02 Å². The van der Waals surface area contributed by atoms with Crippen LogP contribution in [0.3, 0.4) is 0 Å². The number of nitrogens with one attached hydrogen (secondary N) is 2. The second kappa shape index (κ2) is 11.8. The fourth-order valence-corrected chi connectivity index (χ4v) is 5.37. The Labute approximate surface area is 242 Å². The molecule has 5 rings (SSSR count). The third kappa shape index (κ3) is 5.26. The molecule has 0 aliphatic rings. The summed E-state index contributed by atoms with van der Waals surface area (Å²) in [7, 11) is 0. The van der Waals surface area contributed by atoms with Gasteiger partial charge in [0, 0.05) is 17.3 Å². The summed E-state index contributed by atoms with van der Waals surface area (Å²) in [4.78, 5) is 28.2. The van der Waals surface area contributed by atoms with Crippen LogP contribution in [0, 0.1) is 13.8 Å². The van der Waals surface area contributed by atoms with Crippen molar-refractivity contribution in [2.24, 2.45) is 0 Å². The van der Waals surface area contributed by atoms with Gasteiger partial charge >= 0.3 is 0 Å². The average Bonchev–Trinajstić information content (AvgIpc) is 3.44. The standard InChI is InChI=1S/C32H31ClN4O4/c1-5-17-41-30-25(33)18-22(19-26(30)40-6-2)29(27-20(3)34-36(31(27)38)23-13-9-7-10-14-23)28-21(4)35-37(32(28)39)24-15-11-8-12-16-24/h5,7-16,18-19,29,34-35H,1,6,17H2,2-4H3. The normalized spacial score (nSPS) is 11.1. The number of aryl methyl sites for hydroxylation is 2. The van der Waals surface area contributed by atoms with E-state index in [1.165, 1.54) is 9.36 Å². The van der Waals surface area contributed by atoms with Gasteiger partial charge in [0.2, 0.25) is 0 Å². The number of para-hydroxylation sites is 2. The number of aromatic nitrogens is 4. The molecule has 2 N–H and O–H groups in total. The number of aromatic amines is 2. The summed E-state index contributed by atoms with van der Waals surface area (Å²) in [6.45, 7) is 9.82. The first-order chi connectivity index (χ1) is 19.8. The van der Waals surface area contributed by atoms with Crippen LogP contribution in [0.4, 0.5) is 0 Å². The zero-order valence-corrected chi connectivity index (χ0v) is 23.9. The average molecular weight is 571 g/mol. The molecule has 0 bridgehead atoms. The molecule has 0 radical (unpaired) electrons. The minimum absolute atomic E-state index is 0.236. The number of H-pyrrole nitrogens is 2. The number of halogens is 1. The smallest absolute Gasteiger partial charge is 0.275 e. The summed E-state index contributed by atoms with van der Waals surface area (Å²) < 4.78 is 14.7. The Morgan fingerprint density at radius 1 is 0.854 bits per heavy atom. The first-order valence-electron chi connectivity index (χ1n) is 13.3. The summed E-state index contributed by atoms with van der Waals surface area (Å²) in [6, 6.07) is 22.1. The van der Waals surface area contributed by atoms with Gasteiger partial charge in [0.25, 0.3) is 11.1 Å². The number of hydrogen-bond acceptors (Lipinski definition) is 4. The van der Waals surface area contributed by atoms with Gasteiger partial charge in [-0.05, 0) is 62.7 Å². The van der Waals surface area contributed by atoms with E-state index in [1.807, 2.05) is 81.4 Å². The lowest BCUT2D eigenvalue weighted by molar-refractivity contribution is 0.296. The molecule has 2 heterocycles. The fourth-order valence-electron chi connectivity index (χ4n) is 5.09. The van der Waals surface area contributed by atoms with Crippen molar-refractivity contribution < 1.29 is 9.47 Å². The van der Waals surface area contributed by atoms with Crippen LogP contribution in [0.1, 0.15) is 40.9 Å². The van der Waals surface area contributed by atoms with E-state index in [0.717, 1.165) is 0 Å². The molecule has 0 spiro atoms.